The second-order valence-electron chi connectivity index (χ2n) is 6.40. The summed E-state index contributed by atoms with van der Waals surface area (Å²) in [5, 5.41) is 1.76. The molecule has 0 radical (unpaired) electrons. The van der Waals surface area contributed by atoms with Crippen LogP contribution >= 0.6 is 11.6 Å². The number of aromatic nitrogens is 2. The van der Waals surface area contributed by atoms with Crippen LogP contribution in [0.1, 0.15) is 43.6 Å². The summed E-state index contributed by atoms with van der Waals surface area (Å²) < 4.78 is 11.5. The van der Waals surface area contributed by atoms with Crippen molar-refractivity contribution in [2.45, 2.75) is 50.2 Å². The Kier molecular flexibility index (Phi) is 4.07. The molecular formula is C17H21ClN2O2. The summed E-state index contributed by atoms with van der Waals surface area (Å²) in [5.74, 6) is 0.535. The second-order valence-corrected chi connectivity index (χ2v) is 6.78. The molecule has 0 aromatic carbocycles. The third-order valence-corrected chi connectivity index (χ3v) is 5.15. The first-order chi connectivity index (χ1) is 10.8. The van der Waals surface area contributed by atoms with E-state index in [-0.39, 0.29) is 0 Å². The maximum absolute atomic E-state index is 6.08. The predicted molar refractivity (Wildman–Crippen MR) is 86.4 cm³/mol. The summed E-state index contributed by atoms with van der Waals surface area (Å²) in [6.45, 7) is 1.65. The molecule has 2 aromatic heterocycles. The highest BCUT2D eigenvalue weighted by atomic mass is 35.5. The van der Waals surface area contributed by atoms with Gasteiger partial charge in [-0.05, 0) is 43.2 Å². The summed E-state index contributed by atoms with van der Waals surface area (Å²) in [6, 6.07) is 1.97. The molecule has 1 N–H and O–H groups in total. The Morgan fingerprint density at radius 3 is 3.09 bits per heavy atom. The van der Waals surface area contributed by atoms with Gasteiger partial charge >= 0.3 is 0 Å². The van der Waals surface area contributed by atoms with Gasteiger partial charge in [0.25, 0.3) is 0 Å². The van der Waals surface area contributed by atoms with Crippen molar-refractivity contribution in [1.29, 1.82) is 0 Å². The molecular weight excluding hydrogens is 300 g/mol. The number of fused-ring (bicyclic) bond motifs is 1. The molecule has 1 saturated carbocycles. The van der Waals surface area contributed by atoms with Crippen LogP contribution in [0.3, 0.4) is 0 Å². The quantitative estimate of drug-likeness (QED) is 0.865. The Morgan fingerprint density at radius 2 is 2.27 bits per heavy atom. The van der Waals surface area contributed by atoms with Crippen molar-refractivity contribution in [1.82, 2.24) is 9.97 Å². The number of hydrogen-bond acceptors (Lipinski definition) is 3. The molecule has 0 spiro atoms. The Morgan fingerprint density at radius 1 is 1.36 bits per heavy atom. The van der Waals surface area contributed by atoms with E-state index in [9.17, 15) is 0 Å². The number of nitrogens with one attached hydrogen (secondary N) is 1. The number of ether oxygens (including phenoxy) is 2. The second kappa shape index (κ2) is 6.19. The molecule has 2 aromatic rings. The number of pyridine rings is 1. The first-order valence-electron chi connectivity index (χ1n) is 8.15. The number of rotatable bonds is 4. The van der Waals surface area contributed by atoms with Crippen LogP contribution in [-0.4, -0.2) is 35.4 Å². The normalized spacial score (nSPS) is 28.7. The van der Waals surface area contributed by atoms with Gasteiger partial charge in [-0.15, -0.1) is 0 Å². The highest BCUT2D eigenvalue weighted by molar-refractivity contribution is 6.30. The summed E-state index contributed by atoms with van der Waals surface area (Å²) in [7, 11) is 0. The standard InChI is InChI=1S/C17H21ClN2O2/c18-17-7-14-15(8-19-16(14)9-20-17)11-2-1-3-12(6-11)22-10-13-4-5-21-13/h7-9,11-13,19H,1-6,10H2/t11-,12+,13+/m1/s1. The first-order valence-corrected chi connectivity index (χ1v) is 8.53. The first kappa shape index (κ1) is 14.5. The van der Waals surface area contributed by atoms with Gasteiger partial charge in [-0.25, -0.2) is 4.98 Å². The van der Waals surface area contributed by atoms with Gasteiger partial charge in [0.05, 0.1) is 30.5 Å². The van der Waals surface area contributed by atoms with E-state index in [4.69, 9.17) is 21.1 Å². The van der Waals surface area contributed by atoms with Crippen molar-refractivity contribution in [2.24, 2.45) is 0 Å². The topological polar surface area (TPSA) is 47.1 Å². The molecule has 5 heteroatoms. The van der Waals surface area contributed by atoms with E-state index < -0.39 is 0 Å². The van der Waals surface area contributed by atoms with Crippen molar-refractivity contribution in [3.05, 3.63) is 29.2 Å². The van der Waals surface area contributed by atoms with Crippen molar-refractivity contribution < 1.29 is 9.47 Å². The van der Waals surface area contributed by atoms with Crippen LogP contribution in [0.25, 0.3) is 10.9 Å². The van der Waals surface area contributed by atoms with E-state index in [1.165, 1.54) is 23.8 Å². The molecule has 4 nitrogen and oxygen atoms in total. The van der Waals surface area contributed by atoms with Gasteiger partial charge < -0.3 is 14.5 Å². The SMILES string of the molecule is Clc1cc2c([C@@H]3CCC[C@H](OC[C@@H]4CCO4)C3)c[nH]c2cn1. The fourth-order valence-electron chi connectivity index (χ4n) is 3.59. The maximum Gasteiger partial charge on any atom is 0.129 e. The van der Waals surface area contributed by atoms with Crippen LogP contribution in [0.2, 0.25) is 5.15 Å². The number of nitrogens with zero attached hydrogens (tertiary/aromatic N) is 1. The average Bonchev–Trinajstić information content (AvgIpc) is 2.89. The maximum atomic E-state index is 6.08. The zero-order valence-electron chi connectivity index (χ0n) is 12.6. The highest BCUT2D eigenvalue weighted by Gasteiger charge is 2.27. The van der Waals surface area contributed by atoms with Gasteiger partial charge in [0.2, 0.25) is 0 Å². The van der Waals surface area contributed by atoms with Gasteiger partial charge in [0.15, 0.2) is 0 Å². The average molecular weight is 321 g/mol. The van der Waals surface area contributed by atoms with Gasteiger partial charge in [-0.2, -0.15) is 0 Å². The van der Waals surface area contributed by atoms with Crippen molar-refractivity contribution in [3.8, 4) is 0 Å². The molecule has 0 amide bonds. The van der Waals surface area contributed by atoms with Crippen molar-refractivity contribution >= 4 is 22.5 Å². The number of halogens is 1. The van der Waals surface area contributed by atoms with E-state index in [1.807, 2.05) is 12.3 Å². The van der Waals surface area contributed by atoms with Crippen LogP contribution in [0.15, 0.2) is 18.5 Å². The van der Waals surface area contributed by atoms with Crippen LogP contribution in [0.5, 0.6) is 0 Å². The van der Waals surface area contributed by atoms with E-state index in [1.54, 1.807) is 0 Å². The summed E-state index contributed by atoms with van der Waals surface area (Å²) in [5.41, 5.74) is 2.41. The lowest BCUT2D eigenvalue weighted by molar-refractivity contribution is -0.114. The fraction of sp³-hybridized carbons (Fsp3) is 0.588. The van der Waals surface area contributed by atoms with Gasteiger partial charge in [0, 0.05) is 18.2 Å². The van der Waals surface area contributed by atoms with Crippen molar-refractivity contribution in [3.63, 3.8) is 0 Å². The molecule has 0 bridgehead atoms. The number of hydrogen-bond donors (Lipinski definition) is 1. The van der Waals surface area contributed by atoms with E-state index in [2.05, 4.69) is 16.2 Å². The lowest BCUT2D eigenvalue weighted by Crippen LogP contribution is -2.34. The Labute approximate surface area is 135 Å². The summed E-state index contributed by atoms with van der Waals surface area (Å²) in [4.78, 5) is 7.46. The molecule has 118 valence electrons. The van der Waals surface area contributed by atoms with E-state index in [0.29, 0.717) is 23.3 Å². The molecule has 22 heavy (non-hydrogen) atoms. The van der Waals surface area contributed by atoms with Gasteiger partial charge in [0.1, 0.15) is 5.15 Å². The lowest BCUT2D eigenvalue weighted by atomic mass is 9.82. The summed E-state index contributed by atoms with van der Waals surface area (Å²) in [6.07, 6.45) is 10.4. The molecule has 0 unspecified atom stereocenters. The third kappa shape index (κ3) is 2.87. The van der Waals surface area contributed by atoms with E-state index in [0.717, 1.165) is 38.0 Å². The largest absolute Gasteiger partial charge is 0.376 e. The minimum Gasteiger partial charge on any atom is -0.376 e. The minimum atomic E-state index is 0.332. The Bertz CT molecular complexity index is 653. The Hall–Kier alpha value is -1.10. The molecule has 1 aliphatic carbocycles. The van der Waals surface area contributed by atoms with Crippen LogP contribution < -0.4 is 0 Å². The molecule has 2 aliphatic rings. The van der Waals surface area contributed by atoms with E-state index >= 15 is 0 Å². The van der Waals surface area contributed by atoms with Crippen LogP contribution in [-0.2, 0) is 9.47 Å². The number of H-pyrrole nitrogens is 1. The zero-order valence-corrected chi connectivity index (χ0v) is 13.3. The smallest absolute Gasteiger partial charge is 0.129 e. The van der Waals surface area contributed by atoms with Gasteiger partial charge in [-0.1, -0.05) is 18.0 Å². The number of aromatic amines is 1. The summed E-state index contributed by atoms with van der Waals surface area (Å²) >= 11 is 6.06. The van der Waals surface area contributed by atoms with Crippen LogP contribution in [0.4, 0.5) is 0 Å². The predicted octanol–water partition coefficient (Wildman–Crippen LogP) is 4.05. The molecule has 3 heterocycles. The lowest BCUT2D eigenvalue weighted by Gasteiger charge is -2.32. The highest BCUT2D eigenvalue weighted by Crippen LogP contribution is 2.38. The molecule has 4 rings (SSSR count). The zero-order chi connectivity index (χ0) is 14.9. The minimum absolute atomic E-state index is 0.332. The molecule has 1 saturated heterocycles. The Balaban J connectivity index is 1.47. The fourth-order valence-corrected chi connectivity index (χ4v) is 3.75. The molecule has 1 aliphatic heterocycles. The molecule has 3 atom stereocenters. The third-order valence-electron chi connectivity index (χ3n) is 4.94. The van der Waals surface area contributed by atoms with Gasteiger partial charge in [-0.3, -0.25) is 0 Å². The monoisotopic (exact) mass is 320 g/mol. The van der Waals surface area contributed by atoms with Crippen LogP contribution in [0, 0.1) is 0 Å². The molecule has 2 fully saturated rings. The van der Waals surface area contributed by atoms with Crippen molar-refractivity contribution in [2.75, 3.05) is 13.2 Å².